The number of para-hydroxylation sites is 1. The second kappa shape index (κ2) is 3.69. The lowest BCUT2D eigenvalue weighted by molar-refractivity contribution is 0.101. The Bertz CT molecular complexity index is 580. The van der Waals surface area contributed by atoms with E-state index in [9.17, 15) is 14.7 Å². The molecule has 1 N–H and O–H groups in total. The number of carbonyl (C=O) groups is 1. The van der Waals surface area contributed by atoms with Crippen LogP contribution in [0.2, 0.25) is 0 Å². The van der Waals surface area contributed by atoms with Crippen LogP contribution < -0.4 is 5.56 Å². The lowest BCUT2D eigenvalue weighted by Gasteiger charge is -1.96. The summed E-state index contributed by atoms with van der Waals surface area (Å²) in [4.78, 5) is 22.8. The second-order valence-corrected chi connectivity index (χ2v) is 3.26. The van der Waals surface area contributed by atoms with Gasteiger partial charge in [-0.3, -0.25) is 9.59 Å². The fraction of sp³-hybridized carbons (Fsp3) is 0.0909. The molecule has 1 heterocycles. The van der Waals surface area contributed by atoms with E-state index in [1.807, 2.05) is 0 Å². The van der Waals surface area contributed by atoms with Crippen LogP contribution in [0.25, 0.3) is 5.69 Å². The maximum Gasteiger partial charge on any atom is 0.321 e. The number of rotatable bonds is 2. The summed E-state index contributed by atoms with van der Waals surface area (Å²) in [6.07, 6.45) is 0. The molecule has 0 fully saturated rings. The number of aromatic nitrogens is 1. The summed E-state index contributed by atoms with van der Waals surface area (Å²) in [5.41, 5.74) is -0.532. The molecular formula is C11H9NO4. The first-order valence-corrected chi connectivity index (χ1v) is 4.63. The third kappa shape index (κ3) is 1.52. The first kappa shape index (κ1) is 10.2. The van der Waals surface area contributed by atoms with Crippen molar-refractivity contribution in [2.75, 3.05) is 0 Å². The molecular weight excluding hydrogens is 210 g/mol. The monoisotopic (exact) mass is 219 g/mol. The van der Waals surface area contributed by atoms with Crippen molar-refractivity contribution in [1.29, 1.82) is 0 Å². The van der Waals surface area contributed by atoms with Gasteiger partial charge in [-0.15, -0.1) is 4.74 Å². The minimum absolute atomic E-state index is 0.330. The Labute approximate surface area is 90.5 Å². The first-order valence-electron chi connectivity index (χ1n) is 4.63. The Hall–Kier alpha value is -2.30. The molecule has 0 atom stereocenters. The Morgan fingerprint density at radius 3 is 2.44 bits per heavy atom. The van der Waals surface area contributed by atoms with Gasteiger partial charge in [-0.05, 0) is 19.1 Å². The molecule has 0 aliphatic heterocycles. The standard InChI is InChI=1S/C11H9NO4/c1-7(13)9-10(14)12(16-11(9)15)8-5-3-2-4-6-8/h2-6,15H,1H3. The van der Waals surface area contributed by atoms with Gasteiger partial charge in [0.15, 0.2) is 11.3 Å². The first-order chi connectivity index (χ1) is 7.61. The van der Waals surface area contributed by atoms with Crippen molar-refractivity contribution in [3.63, 3.8) is 0 Å². The number of Topliss-reactive ketones (excluding diaryl/α,β-unsaturated/α-hetero) is 1. The van der Waals surface area contributed by atoms with E-state index in [0.717, 1.165) is 4.74 Å². The summed E-state index contributed by atoms with van der Waals surface area (Å²) < 4.78 is 5.71. The molecule has 0 unspecified atom stereocenters. The van der Waals surface area contributed by atoms with E-state index in [0.29, 0.717) is 5.69 Å². The molecule has 0 spiro atoms. The van der Waals surface area contributed by atoms with Gasteiger partial charge >= 0.3 is 11.5 Å². The Morgan fingerprint density at radius 1 is 1.31 bits per heavy atom. The van der Waals surface area contributed by atoms with Crippen LogP contribution in [-0.4, -0.2) is 15.6 Å². The second-order valence-electron chi connectivity index (χ2n) is 3.26. The summed E-state index contributed by atoms with van der Waals surface area (Å²) in [7, 11) is 0. The zero-order valence-electron chi connectivity index (χ0n) is 8.51. The highest BCUT2D eigenvalue weighted by atomic mass is 16.6. The molecule has 0 amide bonds. The SMILES string of the molecule is CC(=O)c1c(O)on(-c2ccccc2)c1=O. The van der Waals surface area contributed by atoms with Gasteiger partial charge in [-0.1, -0.05) is 18.2 Å². The van der Waals surface area contributed by atoms with Crippen molar-refractivity contribution in [1.82, 2.24) is 4.74 Å². The van der Waals surface area contributed by atoms with Gasteiger partial charge in [-0.25, -0.2) is 0 Å². The van der Waals surface area contributed by atoms with Gasteiger partial charge in [-0.2, -0.15) is 0 Å². The lowest BCUT2D eigenvalue weighted by atomic mass is 10.2. The topological polar surface area (TPSA) is 72.4 Å². The molecule has 2 rings (SSSR count). The molecule has 5 nitrogen and oxygen atoms in total. The van der Waals surface area contributed by atoms with E-state index in [-0.39, 0.29) is 5.56 Å². The molecule has 5 heteroatoms. The van der Waals surface area contributed by atoms with Gasteiger partial charge in [0.1, 0.15) is 0 Å². The number of hydrogen-bond acceptors (Lipinski definition) is 4. The number of nitrogens with zero attached hydrogens (tertiary/aromatic N) is 1. The predicted octanol–water partition coefficient (Wildman–Crippen LogP) is 1.34. The minimum atomic E-state index is -0.656. The van der Waals surface area contributed by atoms with Gasteiger partial charge in [0, 0.05) is 0 Å². The number of ketones is 1. The van der Waals surface area contributed by atoms with Crippen LogP contribution in [0.3, 0.4) is 0 Å². The van der Waals surface area contributed by atoms with Gasteiger partial charge < -0.3 is 9.63 Å². The van der Waals surface area contributed by atoms with Crippen molar-refractivity contribution in [2.24, 2.45) is 0 Å². The highest BCUT2D eigenvalue weighted by Crippen LogP contribution is 2.16. The summed E-state index contributed by atoms with van der Waals surface area (Å²) >= 11 is 0. The Morgan fingerprint density at radius 2 is 1.94 bits per heavy atom. The number of aromatic hydroxyl groups is 1. The van der Waals surface area contributed by atoms with Crippen molar-refractivity contribution in [3.8, 4) is 11.6 Å². The largest absolute Gasteiger partial charge is 0.479 e. The summed E-state index contributed by atoms with van der Waals surface area (Å²) in [6.45, 7) is 1.20. The van der Waals surface area contributed by atoms with E-state index in [1.165, 1.54) is 6.92 Å². The molecule has 82 valence electrons. The maximum atomic E-state index is 11.7. The maximum absolute atomic E-state index is 11.7. The number of benzene rings is 1. The van der Waals surface area contributed by atoms with Crippen LogP contribution >= 0.6 is 0 Å². The summed E-state index contributed by atoms with van der Waals surface area (Å²) in [5, 5.41) is 9.34. The lowest BCUT2D eigenvalue weighted by Crippen LogP contribution is -2.17. The van der Waals surface area contributed by atoms with Crippen molar-refractivity contribution >= 4 is 5.78 Å². The fourth-order valence-corrected chi connectivity index (χ4v) is 1.40. The predicted molar refractivity (Wildman–Crippen MR) is 56.0 cm³/mol. The smallest absolute Gasteiger partial charge is 0.321 e. The molecule has 2 aromatic rings. The van der Waals surface area contributed by atoms with Crippen LogP contribution in [0.15, 0.2) is 39.6 Å². The zero-order valence-corrected chi connectivity index (χ0v) is 8.51. The Kier molecular flexibility index (Phi) is 2.36. The molecule has 0 bridgehead atoms. The number of carbonyl (C=O) groups excluding carboxylic acids is 1. The Balaban J connectivity index is 2.66. The van der Waals surface area contributed by atoms with Crippen LogP contribution in [0.5, 0.6) is 5.95 Å². The van der Waals surface area contributed by atoms with Crippen LogP contribution in [0.1, 0.15) is 17.3 Å². The van der Waals surface area contributed by atoms with E-state index in [4.69, 9.17) is 4.52 Å². The van der Waals surface area contributed by atoms with E-state index in [2.05, 4.69) is 0 Å². The van der Waals surface area contributed by atoms with Crippen LogP contribution in [0, 0.1) is 0 Å². The average Bonchev–Trinajstić information content (AvgIpc) is 2.55. The van der Waals surface area contributed by atoms with Crippen LogP contribution in [0.4, 0.5) is 0 Å². The zero-order chi connectivity index (χ0) is 11.7. The molecule has 0 aliphatic rings. The molecule has 0 saturated carbocycles. The fourth-order valence-electron chi connectivity index (χ4n) is 1.40. The molecule has 1 aromatic carbocycles. The molecule has 0 saturated heterocycles. The van der Waals surface area contributed by atoms with Gasteiger partial charge in [0.25, 0.3) is 0 Å². The summed E-state index contributed by atoms with van der Waals surface area (Å²) in [6, 6.07) is 8.48. The van der Waals surface area contributed by atoms with E-state index < -0.39 is 17.3 Å². The molecule has 0 aliphatic carbocycles. The summed E-state index contributed by atoms with van der Waals surface area (Å²) in [5.74, 6) is -1.18. The quantitative estimate of drug-likeness (QED) is 0.773. The van der Waals surface area contributed by atoms with Crippen molar-refractivity contribution < 1.29 is 14.4 Å². The van der Waals surface area contributed by atoms with Gasteiger partial charge in [0.2, 0.25) is 0 Å². The van der Waals surface area contributed by atoms with Gasteiger partial charge in [0.05, 0.1) is 5.69 Å². The minimum Gasteiger partial charge on any atom is -0.479 e. The van der Waals surface area contributed by atoms with E-state index >= 15 is 0 Å². The van der Waals surface area contributed by atoms with E-state index in [1.54, 1.807) is 30.3 Å². The van der Waals surface area contributed by atoms with Crippen molar-refractivity contribution in [2.45, 2.75) is 6.92 Å². The number of hydrogen-bond donors (Lipinski definition) is 1. The normalized spacial score (nSPS) is 10.3. The third-order valence-electron chi connectivity index (χ3n) is 2.13. The molecule has 1 aromatic heterocycles. The van der Waals surface area contributed by atoms with Crippen molar-refractivity contribution in [3.05, 3.63) is 46.2 Å². The average molecular weight is 219 g/mol. The molecule has 0 radical (unpaired) electrons. The van der Waals surface area contributed by atoms with Crippen LogP contribution in [-0.2, 0) is 0 Å². The highest BCUT2D eigenvalue weighted by Gasteiger charge is 2.20. The molecule has 16 heavy (non-hydrogen) atoms. The highest BCUT2D eigenvalue weighted by molar-refractivity contribution is 5.95. The third-order valence-corrected chi connectivity index (χ3v) is 2.13.